The van der Waals surface area contributed by atoms with E-state index >= 15 is 0 Å². The van der Waals surface area contributed by atoms with Crippen LogP contribution in [-0.4, -0.2) is 32.4 Å². The van der Waals surface area contributed by atoms with Crippen molar-refractivity contribution in [3.05, 3.63) is 17.0 Å². The molecule has 1 saturated heterocycles. The molecule has 0 aromatic carbocycles. The lowest BCUT2D eigenvalue weighted by molar-refractivity contribution is 0.272. The third-order valence-corrected chi connectivity index (χ3v) is 6.42. The minimum absolute atomic E-state index is 0.240. The van der Waals surface area contributed by atoms with Gasteiger partial charge in [-0.2, -0.15) is 9.57 Å². The number of hydrogen-bond acceptors (Lipinski definition) is 5. The first-order chi connectivity index (χ1) is 8.57. The second kappa shape index (κ2) is 5.36. The van der Waals surface area contributed by atoms with Crippen molar-refractivity contribution in [2.24, 2.45) is 11.7 Å². The van der Waals surface area contributed by atoms with Gasteiger partial charge in [-0.15, -0.1) is 11.3 Å². The van der Waals surface area contributed by atoms with Gasteiger partial charge in [-0.25, -0.2) is 8.42 Å². The van der Waals surface area contributed by atoms with Gasteiger partial charge in [-0.05, 0) is 37.4 Å². The SMILES string of the molecule is N#Cc1ccc(S(=O)(=O)N2CCCC(CN)C2)s1. The third-order valence-electron chi connectivity index (χ3n) is 3.10. The van der Waals surface area contributed by atoms with Crippen LogP contribution < -0.4 is 5.73 Å². The summed E-state index contributed by atoms with van der Waals surface area (Å²) in [5.74, 6) is 0.240. The van der Waals surface area contributed by atoms with Gasteiger partial charge in [0.2, 0.25) is 0 Å². The maximum absolute atomic E-state index is 12.4. The lowest BCUT2D eigenvalue weighted by atomic mass is 10.0. The zero-order chi connectivity index (χ0) is 13.2. The summed E-state index contributed by atoms with van der Waals surface area (Å²) in [7, 11) is -3.45. The second-order valence-electron chi connectivity index (χ2n) is 4.34. The molecule has 0 amide bonds. The van der Waals surface area contributed by atoms with Crippen LogP contribution in [0.4, 0.5) is 0 Å². The molecule has 0 saturated carbocycles. The minimum Gasteiger partial charge on any atom is -0.330 e. The molecule has 18 heavy (non-hydrogen) atoms. The van der Waals surface area contributed by atoms with E-state index in [-0.39, 0.29) is 10.1 Å². The van der Waals surface area contributed by atoms with Gasteiger partial charge in [0.1, 0.15) is 15.2 Å². The van der Waals surface area contributed by atoms with E-state index in [0.29, 0.717) is 24.5 Å². The summed E-state index contributed by atoms with van der Waals surface area (Å²) >= 11 is 1.02. The molecule has 1 fully saturated rings. The van der Waals surface area contributed by atoms with Gasteiger partial charge >= 0.3 is 0 Å². The minimum atomic E-state index is -3.45. The Labute approximate surface area is 111 Å². The molecule has 1 aliphatic rings. The lowest BCUT2D eigenvalue weighted by Gasteiger charge is -2.30. The van der Waals surface area contributed by atoms with Gasteiger partial charge in [0.05, 0.1) is 0 Å². The van der Waals surface area contributed by atoms with Crippen molar-refractivity contribution in [1.82, 2.24) is 4.31 Å². The third kappa shape index (κ3) is 2.57. The maximum atomic E-state index is 12.4. The van der Waals surface area contributed by atoms with Crippen molar-refractivity contribution >= 4 is 21.4 Å². The fourth-order valence-electron chi connectivity index (χ4n) is 2.08. The number of rotatable bonds is 3. The van der Waals surface area contributed by atoms with Crippen LogP contribution in [0.3, 0.4) is 0 Å². The fraction of sp³-hybridized carbons (Fsp3) is 0.545. The number of thiophene rings is 1. The standard InChI is InChI=1S/C11H15N3O2S2/c12-6-9-2-1-5-14(8-9)18(15,16)11-4-3-10(7-13)17-11/h3-4,9H,1-2,5-6,8,12H2. The molecule has 1 unspecified atom stereocenters. The Bertz CT molecular complexity index is 559. The van der Waals surface area contributed by atoms with Gasteiger partial charge in [0.15, 0.2) is 0 Å². The largest absolute Gasteiger partial charge is 0.330 e. The first-order valence-electron chi connectivity index (χ1n) is 5.78. The van der Waals surface area contributed by atoms with Gasteiger partial charge in [0.25, 0.3) is 10.0 Å². The smallest absolute Gasteiger partial charge is 0.252 e. The molecule has 1 aromatic heterocycles. The van der Waals surface area contributed by atoms with E-state index in [9.17, 15) is 8.42 Å². The van der Waals surface area contributed by atoms with Crippen LogP contribution in [0.15, 0.2) is 16.3 Å². The predicted molar refractivity (Wildman–Crippen MR) is 69.6 cm³/mol. The first-order valence-corrected chi connectivity index (χ1v) is 8.03. The highest BCUT2D eigenvalue weighted by atomic mass is 32.2. The van der Waals surface area contributed by atoms with Crippen molar-refractivity contribution in [1.29, 1.82) is 5.26 Å². The van der Waals surface area contributed by atoms with Crippen molar-refractivity contribution in [3.8, 4) is 6.07 Å². The highest BCUT2D eigenvalue weighted by molar-refractivity contribution is 7.91. The molecule has 0 aliphatic carbocycles. The normalized spacial score (nSPS) is 21.7. The first kappa shape index (κ1) is 13.5. The summed E-state index contributed by atoms with van der Waals surface area (Å²) < 4.78 is 26.5. The van der Waals surface area contributed by atoms with Crippen LogP contribution >= 0.6 is 11.3 Å². The zero-order valence-corrected chi connectivity index (χ0v) is 11.5. The molecule has 0 bridgehead atoms. The highest BCUT2D eigenvalue weighted by Gasteiger charge is 2.30. The monoisotopic (exact) mass is 285 g/mol. The number of hydrogen-bond donors (Lipinski definition) is 1. The molecule has 7 heteroatoms. The molecule has 1 aliphatic heterocycles. The van der Waals surface area contributed by atoms with E-state index < -0.39 is 10.0 Å². The summed E-state index contributed by atoms with van der Waals surface area (Å²) in [5.41, 5.74) is 5.61. The molecule has 98 valence electrons. The van der Waals surface area contributed by atoms with Crippen molar-refractivity contribution in [3.63, 3.8) is 0 Å². The second-order valence-corrected chi connectivity index (χ2v) is 7.59. The number of nitrogens with two attached hydrogens (primary N) is 1. The van der Waals surface area contributed by atoms with Crippen LogP contribution in [0, 0.1) is 17.2 Å². The molecular weight excluding hydrogens is 270 g/mol. The molecule has 1 aromatic rings. The summed E-state index contributed by atoms with van der Waals surface area (Å²) in [6.07, 6.45) is 1.83. The fourth-order valence-corrected chi connectivity index (χ4v) is 4.90. The quantitative estimate of drug-likeness (QED) is 0.896. The van der Waals surface area contributed by atoms with Crippen molar-refractivity contribution in [2.75, 3.05) is 19.6 Å². The Kier molecular flexibility index (Phi) is 4.02. The molecule has 2 heterocycles. The number of sulfonamides is 1. The summed E-state index contributed by atoms with van der Waals surface area (Å²) in [6.45, 7) is 1.54. The Morgan fingerprint density at radius 2 is 2.33 bits per heavy atom. The lowest BCUT2D eigenvalue weighted by Crippen LogP contribution is -2.41. The van der Waals surface area contributed by atoms with Crippen LogP contribution in [-0.2, 0) is 10.0 Å². The average molecular weight is 285 g/mol. The molecular formula is C11H15N3O2S2. The topological polar surface area (TPSA) is 87.2 Å². The molecule has 1 atom stereocenters. The Hall–Kier alpha value is -0.940. The van der Waals surface area contributed by atoms with Gasteiger partial charge in [0, 0.05) is 13.1 Å². The maximum Gasteiger partial charge on any atom is 0.252 e. The summed E-state index contributed by atoms with van der Waals surface area (Å²) in [6, 6.07) is 5.01. The van der Waals surface area contributed by atoms with E-state index in [1.54, 1.807) is 6.07 Å². The van der Waals surface area contributed by atoms with Gasteiger partial charge in [-0.1, -0.05) is 0 Å². The Morgan fingerprint density at radius 1 is 1.56 bits per heavy atom. The molecule has 5 nitrogen and oxygen atoms in total. The van der Waals surface area contributed by atoms with Gasteiger partial charge in [-0.3, -0.25) is 0 Å². The van der Waals surface area contributed by atoms with Crippen molar-refractivity contribution in [2.45, 2.75) is 17.1 Å². The van der Waals surface area contributed by atoms with Crippen molar-refractivity contribution < 1.29 is 8.42 Å². The van der Waals surface area contributed by atoms with Crippen LogP contribution in [0.25, 0.3) is 0 Å². The molecule has 0 spiro atoms. The van der Waals surface area contributed by atoms with E-state index in [0.717, 1.165) is 24.2 Å². The number of nitrogens with zero attached hydrogens (tertiary/aromatic N) is 2. The summed E-state index contributed by atoms with van der Waals surface area (Å²) in [4.78, 5) is 0.418. The zero-order valence-electron chi connectivity index (χ0n) is 9.87. The Balaban J connectivity index is 2.23. The van der Waals surface area contributed by atoms with E-state index in [2.05, 4.69) is 0 Å². The highest BCUT2D eigenvalue weighted by Crippen LogP contribution is 2.27. The number of piperidine rings is 1. The van der Waals surface area contributed by atoms with Crippen LogP contribution in [0.2, 0.25) is 0 Å². The number of nitriles is 1. The molecule has 2 rings (SSSR count). The summed E-state index contributed by atoms with van der Waals surface area (Å²) in [5, 5.41) is 8.74. The van der Waals surface area contributed by atoms with Crippen LogP contribution in [0.1, 0.15) is 17.7 Å². The van der Waals surface area contributed by atoms with E-state index in [1.165, 1.54) is 10.4 Å². The predicted octanol–water partition coefficient (Wildman–Crippen LogP) is 0.979. The average Bonchev–Trinajstić information content (AvgIpc) is 2.88. The van der Waals surface area contributed by atoms with E-state index in [1.807, 2.05) is 6.07 Å². The molecule has 0 radical (unpaired) electrons. The van der Waals surface area contributed by atoms with Crippen LogP contribution in [0.5, 0.6) is 0 Å². The van der Waals surface area contributed by atoms with E-state index in [4.69, 9.17) is 11.0 Å². The molecule has 2 N–H and O–H groups in total. The van der Waals surface area contributed by atoms with Gasteiger partial charge < -0.3 is 5.73 Å². The Morgan fingerprint density at radius 3 is 2.94 bits per heavy atom.